The number of hydrogen-bond acceptors (Lipinski definition) is 8. The number of aliphatic hydroxyl groups excluding tert-OH is 2. The van der Waals surface area contributed by atoms with Gasteiger partial charge in [0.15, 0.2) is 35.7 Å². The van der Waals surface area contributed by atoms with Gasteiger partial charge in [0.1, 0.15) is 0 Å². The van der Waals surface area contributed by atoms with Crippen LogP contribution in [-0.4, -0.2) is 49.4 Å². The average molecular weight is 728 g/mol. The van der Waals surface area contributed by atoms with Crippen molar-refractivity contribution in [1.29, 1.82) is 0 Å². The van der Waals surface area contributed by atoms with Gasteiger partial charge in [0.05, 0.1) is 37.4 Å². The fraction of sp³-hybridized carbons (Fsp3) is 0.636. The molecule has 286 valence electrons. The predicted molar refractivity (Wildman–Crippen MR) is 199 cm³/mol. The minimum Gasteiger partial charge on any atom is -0.550 e. The number of fused-ring (bicyclic) bond motifs is 10. The van der Waals surface area contributed by atoms with Crippen molar-refractivity contribution in [2.75, 3.05) is 21.0 Å². The van der Waals surface area contributed by atoms with Crippen molar-refractivity contribution >= 4 is 16.7 Å². The van der Waals surface area contributed by atoms with Crippen LogP contribution in [0.25, 0.3) is 22.0 Å². The summed E-state index contributed by atoms with van der Waals surface area (Å²) < 4.78 is 24.4. The van der Waals surface area contributed by atoms with E-state index < -0.39 is 5.97 Å². The Balaban J connectivity index is 0.000000152. The summed E-state index contributed by atoms with van der Waals surface area (Å²) in [5.74, 6) is 5.18. The number of carbonyl (C=O) groups is 1. The van der Waals surface area contributed by atoms with Crippen molar-refractivity contribution in [2.45, 2.75) is 110 Å². The number of aliphatic hydroxyl groups is 2. The molecular weight excluding hydrogens is 670 g/mol. The molecule has 0 radical (unpaired) electrons. The minimum atomic E-state index is -0.934. The maximum Gasteiger partial charge on any atom is 0.231 e. The second-order valence-corrected chi connectivity index (χ2v) is 17.6. The molecule has 9 heteroatoms. The first-order valence-electron chi connectivity index (χ1n) is 20.0. The smallest absolute Gasteiger partial charge is 0.231 e. The van der Waals surface area contributed by atoms with E-state index in [2.05, 4.69) is 55.8 Å². The zero-order valence-corrected chi connectivity index (χ0v) is 32.1. The predicted octanol–water partition coefficient (Wildman–Crippen LogP) is 6.24. The quantitative estimate of drug-likeness (QED) is 0.287. The summed E-state index contributed by atoms with van der Waals surface area (Å²) in [4.78, 5) is 10.9. The molecule has 4 aliphatic carbocycles. The summed E-state index contributed by atoms with van der Waals surface area (Å²) in [6.07, 6.45) is 12.0. The summed E-state index contributed by atoms with van der Waals surface area (Å²) in [5, 5.41) is 34.5. The van der Waals surface area contributed by atoms with Gasteiger partial charge >= 0.3 is 0 Å². The second-order valence-electron chi connectivity index (χ2n) is 17.6. The number of pyridine rings is 1. The molecule has 3 aromatic rings. The third-order valence-electron chi connectivity index (χ3n) is 15.2. The lowest BCUT2D eigenvalue weighted by Crippen LogP contribution is -2.58. The number of ether oxygens (including phenoxy) is 4. The molecule has 6 aliphatic rings. The van der Waals surface area contributed by atoms with Crippen molar-refractivity contribution in [2.24, 2.45) is 46.3 Å². The molecule has 4 saturated carbocycles. The van der Waals surface area contributed by atoms with E-state index in [4.69, 9.17) is 18.9 Å². The highest BCUT2D eigenvalue weighted by Gasteiger charge is 2.62. The van der Waals surface area contributed by atoms with Crippen molar-refractivity contribution in [3.8, 4) is 34.3 Å². The molecule has 2 aromatic carbocycles. The monoisotopic (exact) mass is 727 g/mol. The normalized spacial score (nSPS) is 34.0. The Morgan fingerprint density at radius 3 is 2.49 bits per heavy atom. The van der Waals surface area contributed by atoms with E-state index in [1.807, 2.05) is 6.07 Å². The number of carboxylic acids is 1. The van der Waals surface area contributed by atoms with Crippen molar-refractivity contribution in [3.63, 3.8) is 0 Å². The molecule has 9 rings (SSSR count). The first-order valence-corrected chi connectivity index (χ1v) is 20.0. The highest BCUT2D eigenvalue weighted by molar-refractivity contribution is 5.91. The van der Waals surface area contributed by atoms with Crippen LogP contribution in [0.5, 0.6) is 23.0 Å². The van der Waals surface area contributed by atoms with Crippen LogP contribution < -0.4 is 28.6 Å². The van der Waals surface area contributed by atoms with Crippen LogP contribution in [0.15, 0.2) is 36.5 Å². The lowest BCUT2D eigenvalue weighted by molar-refractivity contribution is -0.686. The van der Waals surface area contributed by atoms with Gasteiger partial charge in [-0.1, -0.05) is 20.8 Å². The summed E-state index contributed by atoms with van der Waals surface area (Å²) in [6.45, 7) is 8.33. The number of aliphatic carboxylic acids is 1. The Hall–Kier alpha value is -3.56. The molecule has 0 saturated heterocycles. The van der Waals surface area contributed by atoms with Gasteiger partial charge in [-0.15, -0.1) is 0 Å². The van der Waals surface area contributed by atoms with Crippen LogP contribution in [0, 0.1) is 46.3 Å². The molecule has 9 nitrogen and oxygen atoms in total. The number of nitrogens with zero attached hydrogens (tertiary/aromatic N) is 1. The third kappa shape index (κ3) is 6.14. The molecule has 0 spiro atoms. The van der Waals surface area contributed by atoms with Gasteiger partial charge in [-0.3, -0.25) is 0 Å². The zero-order valence-electron chi connectivity index (χ0n) is 32.1. The van der Waals surface area contributed by atoms with Crippen LogP contribution in [0.3, 0.4) is 0 Å². The standard InChI is InChI=1S/C24H40O4.C20H18NO4/c1-14(4-7-21(27)28)17-5-6-18-22-19(9-11-24(17,18)3)23(2)10-8-16(25)12-15(23)13-20(22)26;1-22-17-4-3-12-7-16-14-9-19-18(24-11-25-19)8-13(14)5-6-21(16)10-15(12)20(17)23-2/h14-20,22,25-26H,4-13H2,1-3H3,(H,27,28);3-4,7-10H,5-6,11H2,1-2H3/q;+1/p-1/t14-,15+,16-,17-,18+,19+,20+,22?,23+,24-;/m1./s1. The lowest BCUT2D eigenvalue weighted by atomic mass is 9.43. The number of aryl methyl sites for hydroxylation is 2. The highest BCUT2D eigenvalue weighted by atomic mass is 16.7. The SMILES string of the molecule is COc1ccc2cc3[n+](cc2c1OC)CCc1cc2c(cc1-3)OCO2.C[C@H](CCC(=O)[O-])[C@H]1CC[C@H]2C3[C@@H](O)C[C@@H]4C[C@H](O)CC[C@]4(C)[C@H]3CC[C@]12C. The van der Waals surface area contributed by atoms with Gasteiger partial charge in [-0.05, 0) is 146 Å². The number of carboxylic acid groups (broad SMARTS) is 1. The van der Waals surface area contributed by atoms with Crippen LogP contribution in [0.1, 0.15) is 90.5 Å². The van der Waals surface area contributed by atoms with Gasteiger partial charge in [-0.2, -0.15) is 4.57 Å². The zero-order chi connectivity index (χ0) is 37.2. The van der Waals surface area contributed by atoms with Crippen molar-refractivity contribution in [1.82, 2.24) is 0 Å². The Labute approximate surface area is 313 Å². The Morgan fingerprint density at radius 1 is 0.981 bits per heavy atom. The molecule has 1 unspecified atom stereocenters. The van der Waals surface area contributed by atoms with E-state index in [9.17, 15) is 20.1 Å². The number of methoxy groups -OCH3 is 2. The molecule has 53 heavy (non-hydrogen) atoms. The van der Waals surface area contributed by atoms with E-state index in [-0.39, 0.29) is 29.5 Å². The molecular formula is C44H57NO8. The highest BCUT2D eigenvalue weighted by Crippen LogP contribution is 2.68. The maximum absolute atomic E-state index is 11.2. The fourth-order valence-corrected chi connectivity index (χ4v) is 12.5. The molecule has 1 aromatic heterocycles. The molecule has 3 heterocycles. The van der Waals surface area contributed by atoms with Gasteiger partial charge in [0.25, 0.3) is 0 Å². The molecule has 0 bridgehead atoms. The number of benzene rings is 2. The topological polar surface area (TPSA) is 121 Å². The summed E-state index contributed by atoms with van der Waals surface area (Å²) in [7, 11) is 3.34. The Bertz CT molecular complexity index is 1880. The van der Waals surface area contributed by atoms with Crippen LogP contribution >= 0.6 is 0 Å². The molecule has 2 N–H and O–H groups in total. The van der Waals surface area contributed by atoms with Crippen molar-refractivity contribution < 1.29 is 43.6 Å². The average Bonchev–Trinajstić information content (AvgIpc) is 3.76. The van der Waals surface area contributed by atoms with E-state index in [0.29, 0.717) is 48.7 Å². The molecule has 2 aliphatic heterocycles. The van der Waals surface area contributed by atoms with E-state index >= 15 is 0 Å². The molecule has 10 atom stereocenters. The molecule has 4 fully saturated rings. The minimum absolute atomic E-state index is 0.162. The van der Waals surface area contributed by atoms with Crippen molar-refractivity contribution in [3.05, 3.63) is 42.1 Å². The Morgan fingerprint density at radius 2 is 1.74 bits per heavy atom. The fourth-order valence-electron chi connectivity index (χ4n) is 12.5. The first kappa shape index (κ1) is 36.4. The Kier molecular flexibility index (Phi) is 9.58. The maximum atomic E-state index is 11.2. The largest absolute Gasteiger partial charge is 0.550 e. The van der Waals surface area contributed by atoms with Gasteiger partial charge in [0.2, 0.25) is 12.5 Å². The van der Waals surface area contributed by atoms with Crippen LogP contribution in [0.4, 0.5) is 0 Å². The number of rotatable bonds is 6. The second kappa shape index (κ2) is 13.9. The van der Waals surface area contributed by atoms with E-state index in [1.165, 1.54) is 42.5 Å². The van der Waals surface area contributed by atoms with Crippen LogP contribution in [0.2, 0.25) is 0 Å². The number of aromatic nitrogens is 1. The van der Waals surface area contributed by atoms with Crippen LogP contribution in [-0.2, 0) is 17.8 Å². The number of carbonyl (C=O) groups excluding carboxylic acids is 1. The third-order valence-corrected chi connectivity index (χ3v) is 15.2. The van der Waals surface area contributed by atoms with Gasteiger partial charge < -0.3 is 39.1 Å². The van der Waals surface area contributed by atoms with Gasteiger partial charge in [0, 0.05) is 18.5 Å². The summed E-state index contributed by atoms with van der Waals surface area (Å²) in [6, 6.07) is 10.4. The molecule has 0 amide bonds. The van der Waals surface area contributed by atoms with Gasteiger partial charge in [-0.25, -0.2) is 0 Å². The summed E-state index contributed by atoms with van der Waals surface area (Å²) >= 11 is 0. The summed E-state index contributed by atoms with van der Waals surface area (Å²) in [5.41, 5.74) is 4.17. The lowest BCUT2D eigenvalue weighted by Gasteiger charge is -2.62. The number of hydrogen-bond donors (Lipinski definition) is 2. The van der Waals surface area contributed by atoms with E-state index in [0.717, 1.165) is 72.4 Å². The first-order chi connectivity index (χ1) is 25.4. The van der Waals surface area contributed by atoms with E-state index in [1.54, 1.807) is 14.2 Å².